The zero-order valence-corrected chi connectivity index (χ0v) is 11.5. The Morgan fingerprint density at radius 3 is 2.52 bits per heavy atom. The van der Waals surface area contributed by atoms with Crippen molar-refractivity contribution in [2.75, 3.05) is 7.11 Å². The number of halogens is 3. The molecule has 0 saturated carbocycles. The molecule has 5 N–H and O–H groups in total. The van der Waals surface area contributed by atoms with Crippen LogP contribution in [0.15, 0.2) is 35.0 Å². The summed E-state index contributed by atoms with van der Waals surface area (Å²) >= 11 is 0. The topological polar surface area (TPSA) is 85.7 Å². The molecule has 2 rings (SSSR count). The highest BCUT2D eigenvalue weighted by atomic mass is 19.4. The molecule has 8 heteroatoms. The minimum absolute atomic E-state index is 0.474. The molecule has 0 amide bonds. The van der Waals surface area contributed by atoms with Crippen molar-refractivity contribution in [2.45, 2.75) is 18.9 Å². The van der Waals surface area contributed by atoms with Crippen LogP contribution in [0.4, 0.5) is 13.2 Å². The normalized spacial score (nSPS) is 22.2. The molecule has 0 spiro atoms. The molecular weight excluding hydrogens is 285 g/mol. The van der Waals surface area contributed by atoms with E-state index in [1.165, 1.54) is 7.11 Å². The maximum atomic E-state index is 12.7. The third-order valence-corrected chi connectivity index (χ3v) is 3.17. The molecular formula is C13H15F3N4O. The Kier molecular flexibility index (Phi) is 3.58. The standard InChI is InChI=1S/C13H15F3N4O/c1-7-3-4-8(21-2)5-9(7)13(18)19-6-10(11(17)20-13)12(14,15)16/h3-6,19H,18H2,1-2H3,(H2,17,20). The smallest absolute Gasteiger partial charge is 0.421 e. The third-order valence-electron chi connectivity index (χ3n) is 3.17. The first-order chi connectivity index (χ1) is 9.67. The van der Waals surface area contributed by atoms with Gasteiger partial charge in [0, 0.05) is 11.8 Å². The van der Waals surface area contributed by atoms with Gasteiger partial charge in [0.05, 0.1) is 7.11 Å². The Hall–Kier alpha value is -2.22. The minimum atomic E-state index is -4.59. The molecule has 5 nitrogen and oxygen atoms in total. The highest BCUT2D eigenvalue weighted by molar-refractivity contribution is 5.99. The Balaban J connectivity index is 2.45. The van der Waals surface area contributed by atoms with Crippen LogP contribution in [0, 0.1) is 6.92 Å². The first kappa shape index (κ1) is 15.2. The van der Waals surface area contributed by atoms with Gasteiger partial charge in [0.1, 0.15) is 17.2 Å². The number of methoxy groups -OCH3 is 1. The number of hydrogen-bond acceptors (Lipinski definition) is 5. The van der Waals surface area contributed by atoms with E-state index in [4.69, 9.17) is 16.2 Å². The predicted octanol–water partition coefficient (Wildman–Crippen LogP) is 1.48. The molecule has 0 saturated heterocycles. The number of ether oxygens (including phenoxy) is 1. The molecule has 1 aromatic carbocycles. The fourth-order valence-electron chi connectivity index (χ4n) is 2.04. The zero-order chi connectivity index (χ0) is 15.8. The highest BCUT2D eigenvalue weighted by Crippen LogP contribution is 2.32. The molecule has 1 aromatic rings. The second kappa shape index (κ2) is 4.96. The van der Waals surface area contributed by atoms with Crippen molar-refractivity contribution in [3.05, 3.63) is 41.1 Å². The van der Waals surface area contributed by atoms with Gasteiger partial charge in [-0.15, -0.1) is 0 Å². The van der Waals surface area contributed by atoms with Gasteiger partial charge in [-0.3, -0.25) is 5.73 Å². The van der Waals surface area contributed by atoms with Crippen LogP contribution in [0.3, 0.4) is 0 Å². The Morgan fingerprint density at radius 1 is 1.33 bits per heavy atom. The molecule has 0 radical (unpaired) electrons. The van der Waals surface area contributed by atoms with Gasteiger partial charge in [0.25, 0.3) is 0 Å². The first-order valence-electron chi connectivity index (χ1n) is 6.02. The second-order valence-corrected chi connectivity index (χ2v) is 4.64. The third kappa shape index (κ3) is 2.80. The fraction of sp³-hybridized carbons (Fsp3) is 0.308. The lowest BCUT2D eigenvalue weighted by Crippen LogP contribution is -2.52. The van der Waals surface area contributed by atoms with Crippen LogP contribution < -0.4 is 21.5 Å². The molecule has 0 aromatic heterocycles. The van der Waals surface area contributed by atoms with Gasteiger partial charge < -0.3 is 15.8 Å². The van der Waals surface area contributed by atoms with Crippen molar-refractivity contribution >= 4 is 5.84 Å². The van der Waals surface area contributed by atoms with Crippen LogP contribution >= 0.6 is 0 Å². The van der Waals surface area contributed by atoms with E-state index in [-0.39, 0.29) is 0 Å². The van der Waals surface area contributed by atoms with E-state index in [9.17, 15) is 13.2 Å². The summed E-state index contributed by atoms with van der Waals surface area (Å²) in [5, 5.41) is 2.46. The first-order valence-corrected chi connectivity index (χ1v) is 6.02. The van der Waals surface area contributed by atoms with E-state index < -0.39 is 23.4 Å². The van der Waals surface area contributed by atoms with Crippen molar-refractivity contribution in [1.82, 2.24) is 5.32 Å². The number of nitrogens with zero attached hydrogens (tertiary/aromatic N) is 1. The van der Waals surface area contributed by atoms with Crippen LogP contribution in [0.25, 0.3) is 0 Å². The van der Waals surface area contributed by atoms with E-state index in [1.54, 1.807) is 25.1 Å². The summed E-state index contributed by atoms with van der Waals surface area (Å²) < 4.78 is 43.2. The molecule has 21 heavy (non-hydrogen) atoms. The van der Waals surface area contributed by atoms with Crippen LogP contribution in [-0.2, 0) is 5.79 Å². The van der Waals surface area contributed by atoms with Gasteiger partial charge in [-0.2, -0.15) is 13.2 Å². The molecule has 0 bridgehead atoms. The van der Waals surface area contributed by atoms with E-state index in [0.717, 1.165) is 11.8 Å². The lowest BCUT2D eigenvalue weighted by molar-refractivity contribution is -0.0870. The van der Waals surface area contributed by atoms with Crippen LogP contribution in [-0.4, -0.2) is 19.1 Å². The summed E-state index contributed by atoms with van der Waals surface area (Å²) in [4.78, 5) is 3.79. The van der Waals surface area contributed by atoms with Gasteiger partial charge in [-0.05, 0) is 24.6 Å². The molecule has 0 fully saturated rings. The number of benzene rings is 1. The van der Waals surface area contributed by atoms with Crippen LogP contribution in [0.1, 0.15) is 11.1 Å². The van der Waals surface area contributed by atoms with Gasteiger partial charge in [0.2, 0.25) is 5.79 Å². The van der Waals surface area contributed by atoms with Crippen molar-refractivity contribution in [1.29, 1.82) is 0 Å². The number of rotatable bonds is 2. The molecule has 114 valence electrons. The fourth-order valence-corrected chi connectivity index (χ4v) is 2.04. The average Bonchev–Trinajstić information content (AvgIpc) is 2.37. The Labute approximate surface area is 119 Å². The number of alkyl halides is 3. The van der Waals surface area contributed by atoms with E-state index in [1.807, 2.05) is 0 Å². The second-order valence-electron chi connectivity index (χ2n) is 4.64. The van der Waals surface area contributed by atoms with Gasteiger partial charge in [-0.1, -0.05) is 6.07 Å². The zero-order valence-electron chi connectivity index (χ0n) is 11.5. The molecule has 1 heterocycles. The SMILES string of the molecule is COc1ccc(C)c(C2(N)N=C(N)C(C(F)(F)F)=CN2)c1. The van der Waals surface area contributed by atoms with Gasteiger partial charge in [-0.25, -0.2) is 4.99 Å². The number of nitrogens with one attached hydrogen (secondary N) is 1. The number of nitrogens with two attached hydrogens (primary N) is 2. The lowest BCUT2D eigenvalue weighted by atomic mass is 10.0. The number of hydrogen-bond donors (Lipinski definition) is 3. The van der Waals surface area contributed by atoms with Crippen molar-refractivity contribution in [2.24, 2.45) is 16.5 Å². The van der Waals surface area contributed by atoms with E-state index in [2.05, 4.69) is 10.3 Å². The number of aryl methyl sites for hydroxylation is 1. The monoisotopic (exact) mass is 300 g/mol. The minimum Gasteiger partial charge on any atom is -0.497 e. The number of aliphatic imine (C=N–C) groups is 1. The largest absolute Gasteiger partial charge is 0.497 e. The summed E-state index contributed by atoms with van der Waals surface area (Å²) in [6.45, 7) is 1.76. The molecule has 1 aliphatic heterocycles. The van der Waals surface area contributed by atoms with E-state index >= 15 is 0 Å². The maximum absolute atomic E-state index is 12.7. The summed E-state index contributed by atoms with van der Waals surface area (Å²) in [5.41, 5.74) is 11.6. The maximum Gasteiger partial charge on any atom is 0.421 e. The number of amidine groups is 1. The predicted molar refractivity (Wildman–Crippen MR) is 72.5 cm³/mol. The molecule has 1 atom stereocenters. The summed E-state index contributed by atoms with van der Waals surface area (Å²) in [5.74, 6) is -1.72. The van der Waals surface area contributed by atoms with E-state index in [0.29, 0.717) is 11.3 Å². The van der Waals surface area contributed by atoms with Gasteiger partial charge in [0.15, 0.2) is 0 Å². The lowest BCUT2D eigenvalue weighted by Gasteiger charge is -2.32. The van der Waals surface area contributed by atoms with Gasteiger partial charge >= 0.3 is 6.18 Å². The van der Waals surface area contributed by atoms with Crippen molar-refractivity contribution < 1.29 is 17.9 Å². The van der Waals surface area contributed by atoms with Crippen LogP contribution in [0.5, 0.6) is 5.75 Å². The van der Waals surface area contributed by atoms with Crippen molar-refractivity contribution in [3.63, 3.8) is 0 Å². The molecule has 1 aliphatic rings. The molecule has 0 aliphatic carbocycles. The summed E-state index contributed by atoms with van der Waals surface area (Å²) in [6, 6.07) is 5.06. The Morgan fingerprint density at radius 2 is 2.00 bits per heavy atom. The van der Waals surface area contributed by atoms with Crippen molar-refractivity contribution in [3.8, 4) is 5.75 Å². The highest BCUT2D eigenvalue weighted by Gasteiger charge is 2.41. The Bertz CT molecular complexity index is 624. The summed E-state index contributed by atoms with van der Waals surface area (Å²) in [6.07, 6.45) is -3.85. The summed E-state index contributed by atoms with van der Waals surface area (Å²) in [7, 11) is 1.48. The quantitative estimate of drug-likeness (QED) is 0.772. The van der Waals surface area contributed by atoms with Crippen LogP contribution in [0.2, 0.25) is 0 Å². The average molecular weight is 300 g/mol. The molecule has 1 unspecified atom stereocenters.